The molecule has 0 atom stereocenters. The number of ketones is 1. The van der Waals surface area contributed by atoms with E-state index >= 15 is 0 Å². The molecule has 0 bridgehead atoms. The van der Waals surface area contributed by atoms with Gasteiger partial charge < -0.3 is 19.2 Å². The van der Waals surface area contributed by atoms with Gasteiger partial charge in [-0.05, 0) is 35.9 Å². The number of H-pyrrole nitrogens is 1. The number of carbonyl (C=O) groups is 2. The number of hydrogen-bond donors (Lipinski definition) is 1. The third-order valence-electron chi connectivity index (χ3n) is 3.05. The van der Waals surface area contributed by atoms with Crippen LogP contribution in [0.25, 0.3) is 6.08 Å². The van der Waals surface area contributed by atoms with E-state index in [0.717, 1.165) is 5.56 Å². The Balaban J connectivity index is 1.54. The first-order valence-electron chi connectivity index (χ1n) is 6.63. The Bertz CT molecular complexity index is 718. The normalized spacial score (nSPS) is 12.5. The van der Waals surface area contributed by atoms with Crippen molar-refractivity contribution in [3.63, 3.8) is 0 Å². The predicted molar refractivity (Wildman–Crippen MR) is 77.7 cm³/mol. The van der Waals surface area contributed by atoms with Crippen molar-refractivity contribution < 1.29 is 23.8 Å². The number of esters is 1. The first-order chi connectivity index (χ1) is 10.7. The molecule has 0 spiro atoms. The number of benzene rings is 1. The van der Waals surface area contributed by atoms with Crippen molar-refractivity contribution in [2.45, 2.75) is 0 Å². The second-order valence-electron chi connectivity index (χ2n) is 4.56. The zero-order valence-corrected chi connectivity index (χ0v) is 11.6. The van der Waals surface area contributed by atoms with Crippen molar-refractivity contribution in [2.75, 3.05) is 13.4 Å². The monoisotopic (exact) mass is 299 g/mol. The molecule has 0 radical (unpaired) electrons. The molecule has 112 valence electrons. The fourth-order valence-electron chi connectivity index (χ4n) is 1.95. The highest BCUT2D eigenvalue weighted by molar-refractivity contribution is 5.97. The molecule has 0 aliphatic carbocycles. The van der Waals surface area contributed by atoms with Crippen molar-refractivity contribution in [1.29, 1.82) is 0 Å². The second-order valence-corrected chi connectivity index (χ2v) is 4.56. The van der Waals surface area contributed by atoms with E-state index in [9.17, 15) is 9.59 Å². The minimum absolute atomic E-state index is 0.200. The van der Waals surface area contributed by atoms with E-state index < -0.39 is 5.97 Å². The molecule has 1 aliphatic rings. The highest BCUT2D eigenvalue weighted by Crippen LogP contribution is 2.32. The molecule has 3 rings (SSSR count). The van der Waals surface area contributed by atoms with E-state index in [4.69, 9.17) is 14.2 Å². The average molecular weight is 299 g/mol. The van der Waals surface area contributed by atoms with Gasteiger partial charge in [0.05, 0.1) is 5.69 Å². The summed E-state index contributed by atoms with van der Waals surface area (Å²) in [6, 6.07) is 8.65. The van der Waals surface area contributed by atoms with E-state index in [1.165, 1.54) is 6.08 Å². The van der Waals surface area contributed by atoms with Crippen LogP contribution in [0.3, 0.4) is 0 Å². The SMILES string of the molecule is O=C(C=Cc1ccc2c(c1)OCO2)OCC(=O)c1ccc[nH]1. The summed E-state index contributed by atoms with van der Waals surface area (Å²) in [5.41, 5.74) is 1.18. The predicted octanol–water partition coefficient (Wildman–Crippen LogP) is 2.18. The van der Waals surface area contributed by atoms with Crippen LogP contribution < -0.4 is 9.47 Å². The molecule has 22 heavy (non-hydrogen) atoms. The lowest BCUT2D eigenvalue weighted by Crippen LogP contribution is -2.12. The number of rotatable bonds is 5. The maximum atomic E-state index is 11.6. The van der Waals surface area contributed by atoms with Gasteiger partial charge in [-0.25, -0.2) is 4.79 Å². The average Bonchev–Trinajstić information content (AvgIpc) is 3.20. The highest BCUT2D eigenvalue weighted by atomic mass is 16.7. The summed E-state index contributed by atoms with van der Waals surface area (Å²) in [5, 5.41) is 0. The molecule has 1 N–H and O–H groups in total. The Labute approximate surface area is 126 Å². The summed E-state index contributed by atoms with van der Waals surface area (Å²) in [6.45, 7) is -0.101. The smallest absolute Gasteiger partial charge is 0.331 e. The zero-order chi connectivity index (χ0) is 15.4. The topological polar surface area (TPSA) is 77.6 Å². The summed E-state index contributed by atoms with van der Waals surface area (Å²) in [6.07, 6.45) is 4.48. The lowest BCUT2D eigenvalue weighted by Gasteiger charge is -2.00. The number of nitrogens with one attached hydrogen (secondary N) is 1. The van der Waals surface area contributed by atoms with Gasteiger partial charge in [0.1, 0.15) is 0 Å². The van der Waals surface area contributed by atoms with Crippen LogP contribution in [0.2, 0.25) is 0 Å². The van der Waals surface area contributed by atoms with Gasteiger partial charge >= 0.3 is 5.97 Å². The van der Waals surface area contributed by atoms with Crippen molar-refractivity contribution >= 4 is 17.8 Å². The first-order valence-corrected chi connectivity index (χ1v) is 6.63. The van der Waals surface area contributed by atoms with Gasteiger partial charge in [0.15, 0.2) is 18.1 Å². The molecule has 0 unspecified atom stereocenters. The molecular formula is C16H13NO5. The molecule has 0 amide bonds. The summed E-state index contributed by atoms with van der Waals surface area (Å²) in [5.74, 6) is 0.445. The lowest BCUT2D eigenvalue weighted by molar-refractivity contribution is -0.136. The molecule has 1 aliphatic heterocycles. The van der Waals surface area contributed by atoms with Gasteiger partial charge in [-0.15, -0.1) is 0 Å². The number of aromatic amines is 1. The van der Waals surface area contributed by atoms with Gasteiger partial charge in [-0.2, -0.15) is 0 Å². The van der Waals surface area contributed by atoms with Gasteiger partial charge in [0, 0.05) is 12.3 Å². The van der Waals surface area contributed by atoms with Crippen LogP contribution in [0.5, 0.6) is 11.5 Å². The largest absolute Gasteiger partial charge is 0.454 e. The van der Waals surface area contributed by atoms with Gasteiger partial charge in [0.25, 0.3) is 0 Å². The second kappa shape index (κ2) is 6.17. The molecule has 0 saturated heterocycles. The van der Waals surface area contributed by atoms with Crippen molar-refractivity contribution in [3.8, 4) is 11.5 Å². The summed E-state index contributed by atoms with van der Waals surface area (Å²) in [7, 11) is 0. The minimum Gasteiger partial charge on any atom is -0.454 e. The Hall–Kier alpha value is -3.02. The van der Waals surface area contributed by atoms with Crippen LogP contribution in [-0.2, 0) is 9.53 Å². The summed E-state index contributed by atoms with van der Waals surface area (Å²) < 4.78 is 15.3. The quantitative estimate of drug-likeness (QED) is 0.520. The summed E-state index contributed by atoms with van der Waals surface area (Å²) >= 11 is 0. The number of hydrogen-bond acceptors (Lipinski definition) is 5. The fourth-order valence-corrected chi connectivity index (χ4v) is 1.95. The maximum Gasteiger partial charge on any atom is 0.331 e. The van der Waals surface area contributed by atoms with Crippen LogP contribution in [0.1, 0.15) is 16.1 Å². The molecule has 1 aromatic carbocycles. The third-order valence-corrected chi connectivity index (χ3v) is 3.05. The van der Waals surface area contributed by atoms with E-state index in [1.54, 1.807) is 42.6 Å². The highest BCUT2D eigenvalue weighted by Gasteiger charge is 2.12. The van der Waals surface area contributed by atoms with Crippen LogP contribution in [-0.4, -0.2) is 30.1 Å². The molecule has 6 heteroatoms. The minimum atomic E-state index is -0.586. The summed E-state index contributed by atoms with van der Waals surface area (Å²) in [4.78, 5) is 26.0. The molecule has 0 saturated carbocycles. The zero-order valence-electron chi connectivity index (χ0n) is 11.6. The molecular weight excluding hydrogens is 286 g/mol. The van der Waals surface area contributed by atoms with Gasteiger partial charge in [-0.1, -0.05) is 6.07 Å². The molecule has 6 nitrogen and oxygen atoms in total. The van der Waals surface area contributed by atoms with E-state index in [2.05, 4.69) is 4.98 Å². The number of fused-ring (bicyclic) bond motifs is 1. The number of Topliss-reactive ketones (excluding diaryl/α,β-unsaturated/α-hetero) is 1. The number of aromatic nitrogens is 1. The van der Waals surface area contributed by atoms with E-state index in [-0.39, 0.29) is 19.2 Å². The van der Waals surface area contributed by atoms with Crippen LogP contribution in [0.4, 0.5) is 0 Å². The van der Waals surface area contributed by atoms with Crippen LogP contribution in [0.15, 0.2) is 42.6 Å². The van der Waals surface area contributed by atoms with Crippen LogP contribution >= 0.6 is 0 Å². The standard InChI is InChI=1S/C16H13NO5/c18-13(12-2-1-7-17-12)9-20-16(19)6-4-11-3-5-14-15(8-11)22-10-21-14/h1-8,17H,9-10H2. The molecule has 2 aromatic rings. The Morgan fingerprint density at radius 1 is 1.23 bits per heavy atom. The molecule has 1 aromatic heterocycles. The Morgan fingerprint density at radius 3 is 2.91 bits per heavy atom. The van der Waals surface area contributed by atoms with Crippen molar-refractivity contribution in [3.05, 3.63) is 53.9 Å². The van der Waals surface area contributed by atoms with Crippen molar-refractivity contribution in [1.82, 2.24) is 4.98 Å². The van der Waals surface area contributed by atoms with E-state index in [0.29, 0.717) is 17.2 Å². The molecule has 2 heterocycles. The Kier molecular flexibility index (Phi) is 3.91. The molecule has 0 fully saturated rings. The lowest BCUT2D eigenvalue weighted by atomic mass is 10.2. The first kappa shape index (κ1) is 13.9. The maximum absolute atomic E-state index is 11.6. The third kappa shape index (κ3) is 3.17. The van der Waals surface area contributed by atoms with Gasteiger partial charge in [-0.3, -0.25) is 4.79 Å². The van der Waals surface area contributed by atoms with Crippen molar-refractivity contribution in [2.24, 2.45) is 0 Å². The Morgan fingerprint density at radius 2 is 2.09 bits per heavy atom. The van der Waals surface area contributed by atoms with Crippen LogP contribution in [0, 0.1) is 0 Å². The van der Waals surface area contributed by atoms with E-state index in [1.807, 2.05) is 0 Å². The number of ether oxygens (including phenoxy) is 3. The van der Waals surface area contributed by atoms with Gasteiger partial charge in [0.2, 0.25) is 12.6 Å². The fraction of sp³-hybridized carbons (Fsp3) is 0.125. The number of carbonyl (C=O) groups excluding carboxylic acids is 2.